The van der Waals surface area contributed by atoms with E-state index in [1.165, 1.54) is 19.3 Å². The van der Waals surface area contributed by atoms with Gasteiger partial charge in [-0.3, -0.25) is 14.5 Å². The number of carboxylic acid groups (broad SMARTS) is 2. The van der Waals surface area contributed by atoms with E-state index in [2.05, 4.69) is 39.6 Å². The highest BCUT2D eigenvalue weighted by molar-refractivity contribution is 5.81. The number of aliphatic carboxylic acids is 2. The molecule has 4 saturated carbocycles. The first kappa shape index (κ1) is 20.6. The molecule has 0 amide bonds. The third kappa shape index (κ3) is 3.52. The molecule has 5 fully saturated rings. The minimum Gasteiger partial charge on any atom is -0.481 e. The van der Waals surface area contributed by atoms with Gasteiger partial charge in [0.15, 0.2) is 0 Å². The largest absolute Gasteiger partial charge is 0.481 e. The predicted octanol–water partition coefficient (Wildman–Crippen LogP) is 4.40. The molecular weight excluding hydrogens is 342 g/mol. The van der Waals surface area contributed by atoms with Crippen LogP contribution in [-0.2, 0) is 9.59 Å². The van der Waals surface area contributed by atoms with Gasteiger partial charge in [-0.15, -0.1) is 0 Å². The molecule has 0 aromatic rings. The Bertz CT molecular complexity index is 562. The zero-order chi connectivity index (χ0) is 20.3. The summed E-state index contributed by atoms with van der Waals surface area (Å²) < 4.78 is 0. The monoisotopic (exact) mass is 379 g/mol. The van der Waals surface area contributed by atoms with Gasteiger partial charge in [-0.05, 0) is 104 Å². The van der Waals surface area contributed by atoms with Gasteiger partial charge in [0.05, 0.1) is 10.8 Å². The van der Waals surface area contributed by atoms with E-state index in [-0.39, 0.29) is 0 Å². The summed E-state index contributed by atoms with van der Waals surface area (Å²) in [7, 11) is 2.25. The summed E-state index contributed by atoms with van der Waals surface area (Å²) in [6.45, 7) is 9.36. The lowest BCUT2D eigenvalue weighted by molar-refractivity contribution is -0.187. The van der Waals surface area contributed by atoms with Crippen molar-refractivity contribution in [2.45, 2.75) is 96.6 Å². The fraction of sp³-hybridized carbons (Fsp3) is 0.909. The lowest BCUT2D eigenvalue weighted by Gasteiger charge is -2.58. The first-order valence-electron chi connectivity index (χ1n) is 10.5. The summed E-state index contributed by atoms with van der Waals surface area (Å²) in [5.41, 5.74) is -0.631. The number of carbonyl (C=O) groups is 2. The van der Waals surface area contributed by atoms with E-state index in [1.54, 1.807) is 0 Å². The number of likely N-dealkylation sites (tertiary alicyclic amines) is 1. The summed E-state index contributed by atoms with van der Waals surface area (Å²) in [6, 6.07) is 0. The molecule has 4 aliphatic carbocycles. The fourth-order valence-corrected chi connectivity index (χ4v) is 6.87. The van der Waals surface area contributed by atoms with E-state index in [0.717, 1.165) is 6.42 Å². The molecule has 0 unspecified atom stereocenters. The molecule has 0 radical (unpaired) electrons. The van der Waals surface area contributed by atoms with Crippen LogP contribution < -0.4 is 0 Å². The van der Waals surface area contributed by atoms with E-state index < -0.39 is 22.8 Å². The Morgan fingerprint density at radius 1 is 0.815 bits per heavy atom. The Morgan fingerprint density at radius 3 is 1.48 bits per heavy atom. The van der Waals surface area contributed by atoms with E-state index in [0.29, 0.717) is 55.0 Å². The standard InChI is InChI=1S/C12H16O4.C10H21N/c13-9(14)11-2-7-1-8(4-11)5-12(3-7,6-11)10(15)16;1-9(2)7-6-8-10(3,4)11(9)5/h7-8H,1-6H2,(H,13,14)(H,15,16);6-8H2,1-5H3. The van der Waals surface area contributed by atoms with Gasteiger partial charge >= 0.3 is 11.9 Å². The van der Waals surface area contributed by atoms with Crippen LogP contribution in [0.3, 0.4) is 0 Å². The highest BCUT2D eigenvalue weighted by Crippen LogP contribution is 2.65. The molecule has 1 heterocycles. The van der Waals surface area contributed by atoms with Crippen LogP contribution in [0.15, 0.2) is 0 Å². The number of piperidine rings is 1. The Balaban J connectivity index is 0.000000168. The highest BCUT2D eigenvalue weighted by Gasteiger charge is 2.63. The van der Waals surface area contributed by atoms with Gasteiger partial charge in [0.2, 0.25) is 0 Å². The molecule has 5 rings (SSSR count). The molecule has 5 nitrogen and oxygen atoms in total. The van der Waals surface area contributed by atoms with Crippen molar-refractivity contribution in [2.24, 2.45) is 22.7 Å². The average Bonchev–Trinajstić information content (AvgIpc) is 2.51. The number of hydrogen-bond acceptors (Lipinski definition) is 3. The third-order valence-electron chi connectivity index (χ3n) is 8.36. The first-order valence-corrected chi connectivity index (χ1v) is 10.5. The van der Waals surface area contributed by atoms with E-state index >= 15 is 0 Å². The molecule has 0 spiro atoms. The molecule has 0 aromatic heterocycles. The van der Waals surface area contributed by atoms with Crippen molar-refractivity contribution in [1.29, 1.82) is 0 Å². The minimum absolute atomic E-state index is 0.327. The van der Waals surface area contributed by atoms with Crippen molar-refractivity contribution in [3.05, 3.63) is 0 Å². The van der Waals surface area contributed by atoms with Gasteiger partial charge in [-0.2, -0.15) is 0 Å². The Labute approximate surface area is 163 Å². The maximum atomic E-state index is 11.4. The molecule has 5 aliphatic rings. The molecule has 5 heteroatoms. The van der Waals surface area contributed by atoms with Gasteiger partial charge in [0, 0.05) is 11.1 Å². The zero-order valence-corrected chi connectivity index (χ0v) is 17.7. The SMILES string of the molecule is CN1C(C)(C)CCCC1(C)C.O=C(O)C12CC3CC(C1)CC(C(=O)O)(C3)C2. The van der Waals surface area contributed by atoms with Crippen molar-refractivity contribution in [2.75, 3.05) is 7.05 Å². The Morgan fingerprint density at radius 2 is 1.19 bits per heavy atom. The maximum Gasteiger partial charge on any atom is 0.309 e. The van der Waals surface area contributed by atoms with Crippen LogP contribution in [-0.4, -0.2) is 45.2 Å². The van der Waals surface area contributed by atoms with Crippen LogP contribution in [0, 0.1) is 22.7 Å². The maximum absolute atomic E-state index is 11.4. The molecule has 154 valence electrons. The molecule has 4 bridgehead atoms. The summed E-state index contributed by atoms with van der Waals surface area (Å²) in [4.78, 5) is 25.4. The third-order valence-corrected chi connectivity index (χ3v) is 8.36. The number of carboxylic acids is 2. The van der Waals surface area contributed by atoms with Crippen LogP contribution in [0.4, 0.5) is 0 Å². The van der Waals surface area contributed by atoms with Crippen molar-refractivity contribution in [3.8, 4) is 0 Å². The smallest absolute Gasteiger partial charge is 0.309 e. The second-order valence-electron chi connectivity index (χ2n) is 11.2. The first-order chi connectivity index (χ1) is 12.3. The predicted molar refractivity (Wildman–Crippen MR) is 105 cm³/mol. The minimum atomic E-state index is -0.771. The van der Waals surface area contributed by atoms with Crippen LogP contribution >= 0.6 is 0 Å². The van der Waals surface area contributed by atoms with E-state index in [4.69, 9.17) is 0 Å². The van der Waals surface area contributed by atoms with Crippen molar-refractivity contribution in [1.82, 2.24) is 4.90 Å². The highest BCUT2D eigenvalue weighted by atomic mass is 16.4. The van der Waals surface area contributed by atoms with E-state index in [1.807, 2.05) is 0 Å². The molecule has 0 atom stereocenters. The average molecular weight is 380 g/mol. The molecule has 27 heavy (non-hydrogen) atoms. The quantitative estimate of drug-likeness (QED) is 0.743. The second-order valence-corrected chi connectivity index (χ2v) is 11.2. The lowest BCUT2D eigenvalue weighted by Crippen LogP contribution is -2.57. The van der Waals surface area contributed by atoms with Crippen LogP contribution in [0.2, 0.25) is 0 Å². The van der Waals surface area contributed by atoms with Crippen molar-refractivity contribution >= 4 is 11.9 Å². The van der Waals surface area contributed by atoms with Crippen LogP contribution in [0.1, 0.15) is 85.5 Å². The summed E-state index contributed by atoms with van der Waals surface area (Å²) >= 11 is 0. The van der Waals surface area contributed by atoms with Crippen LogP contribution in [0.5, 0.6) is 0 Å². The number of rotatable bonds is 2. The van der Waals surface area contributed by atoms with Gasteiger partial charge < -0.3 is 10.2 Å². The van der Waals surface area contributed by atoms with Gasteiger partial charge in [0.1, 0.15) is 0 Å². The summed E-state index contributed by atoms with van der Waals surface area (Å²) in [5.74, 6) is -0.888. The number of hydrogen-bond donors (Lipinski definition) is 2. The Hall–Kier alpha value is -1.10. The second kappa shape index (κ2) is 6.47. The Kier molecular flexibility index (Phi) is 4.94. The molecule has 2 N–H and O–H groups in total. The van der Waals surface area contributed by atoms with Gasteiger partial charge in [0.25, 0.3) is 0 Å². The molecule has 1 aliphatic heterocycles. The topological polar surface area (TPSA) is 77.8 Å². The molecule has 1 saturated heterocycles. The lowest BCUT2D eigenvalue weighted by atomic mass is 9.44. The fourth-order valence-electron chi connectivity index (χ4n) is 6.87. The molecular formula is C22H37NO4. The summed E-state index contributed by atoms with van der Waals surface area (Å²) in [6.07, 6.45) is 8.27. The molecule has 0 aromatic carbocycles. The normalized spacial score (nSPS) is 41.5. The van der Waals surface area contributed by atoms with E-state index in [9.17, 15) is 19.8 Å². The summed E-state index contributed by atoms with van der Waals surface area (Å²) in [5, 5.41) is 18.8. The van der Waals surface area contributed by atoms with Crippen molar-refractivity contribution < 1.29 is 19.8 Å². The zero-order valence-electron chi connectivity index (χ0n) is 17.7. The number of nitrogens with zero attached hydrogens (tertiary/aromatic N) is 1. The van der Waals surface area contributed by atoms with Gasteiger partial charge in [-0.25, -0.2) is 0 Å². The van der Waals surface area contributed by atoms with Gasteiger partial charge in [-0.1, -0.05) is 0 Å². The van der Waals surface area contributed by atoms with Crippen molar-refractivity contribution in [3.63, 3.8) is 0 Å². The van der Waals surface area contributed by atoms with Crippen LogP contribution in [0.25, 0.3) is 0 Å².